The number of carbonyl (C=O) groups excluding carboxylic acids is 1. The predicted octanol–water partition coefficient (Wildman–Crippen LogP) is 4.47. The van der Waals surface area contributed by atoms with E-state index in [-0.39, 0.29) is 0 Å². The van der Waals surface area contributed by atoms with E-state index in [1.54, 1.807) is 0 Å². The highest BCUT2D eigenvalue weighted by atomic mass is 16.1. The second-order valence-corrected chi connectivity index (χ2v) is 5.39. The van der Waals surface area contributed by atoms with Gasteiger partial charge in [-0.1, -0.05) is 30.3 Å². The van der Waals surface area contributed by atoms with Crippen LogP contribution in [0.15, 0.2) is 48.5 Å². The van der Waals surface area contributed by atoms with Crippen LogP contribution in [-0.2, 0) is 0 Å². The molecule has 2 aliphatic carbocycles. The second-order valence-electron chi connectivity index (χ2n) is 5.39. The van der Waals surface area contributed by atoms with Gasteiger partial charge >= 0.3 is 0 Å². The average Bonchev–Trinajstić information content (AvgIpc) is 2.65. The van der Waals surface area contributed by atoms with Gasteiger partial charge in [0, 0.05) is 11.3 Å². The SMILES string of the molecule is Cc1cc(-c2cc(C=O)c3cccccc2-3)cc(C)c1N. The van der Waals surface area contributed by atoms with Crippen LogP contribution in [0.2, 0.25) is 0 Å². The van der Waals surface area contributed by atoms with E-state index in [1.165, 1.54) is 0 Å². The minimum absolute atomic E-state index is 0.725. The maximum atomic E-state index is 11.3. The van der Waals surface area contributed by atoms with Crippen LogP contribution in [0.25, 0.3) is 22.3 Å². The van der Waals surface area contributed by atoms with Crippen LogP contribution in [0.1, 0.15) is 21.5 Å². The van der Waals surface area contributed by atoms with E-state index in [9.17, 15) is 4.79 Å². The molecule has 0 atom stereocenters. The molecule has 0 bridgehead atoms. The maximum Gasteiger partial charge on any atom is 0.150 e. The lowest BCUT2D eigenvalue weighted by molar-refractivity contribution is 0.112. The van der Waals surface area contributed by atoms with Crippen molar-refractivity contribution in [3.63, 3.8) is 0 Å². The Kier molecular flexibility index (Phi) is 3.22. The molecule has 2 N–H and O–H groups in total. The molecule has 0 aromatic heterocycles. The Morgan fingerprint density at radius 3 is 2.10 bits per heavy atom. The number of hydrogen-bond donors (Lipinski definition) is 1. The van der Waals surface area contributed by atoms with E-state index in [0.717, 1.165) is 50.9 Å². The van der Waals surface area contributed by atoms with Crippen LogP contribution < -0.4 is 5.73 Å². The summed E-state index contributed by atoms with van der Waals surface area (Å²) in [5.74, 6) is 0. The number of carbonyl (C=O) groups is 1. The molecule has 2 nitrogen and oxygen atoms in total. The summed E-state index contributed by atoms with van der Waals surface area (Å²) in [6, 6.07) is 16.1. The van der Waals surface area contributed by atoms with Crippen LogP contribution in [-0.4, -0.2) is 6.29 Å². The first-order valence-electron chi connectivity index (χ1n) is 6.96. The zero-order valence-corrected chi connectivity index (χ0v) is 12.2. The standard InChI is InChI=1S/C19H17NO/c1-12-8-14(9-13(2)19(12)20)18-10-15(11-21)16-6-4-3-5-7-17(16)18/h3-11H,20H2,1-2H3. The Morgan fingerprint density at radius 1 is 0.857 bits per heavy atom. The summed E-state index contributed by atoms with van der Waals surface area (Å²) in [7, 11) is 0. The van der Waals surface area contributed by atoms with E-state index < -0.39 is 0 Å². The number of hydrogen-bond acceptors (Lipinski definition) is 2. The fourth-order valence-corrected chi connectivity index (χ4v) is 2.81. The van der Waals surface area contributed by atoms with E-state index in [2.05, 4.69) is 18.2 Å². The van der Waals surface area contributed by atoms with Gasteiger partial charge in [0.15, 0.2) is 6.29 Å². The summed E-state index contributed by atoms with van der Waals surface area (Å²) in [4.78, 5) is 11.3. The van der Waals surface area contributed by atoms with Crippen molar-refractivity contribution in [1.82, 2.24) is 0 Å². The first-order valence-corrected chi connectivity index (χ1v) is 6.96. The van der Waals surface area contributed by atoms with Crippen LogP contribution in [0.3, 0.4) is 0 Å². The van der Waals surface area contributed by atoms with Gasteiger partial charge in [0.05, 0.1) is 0 Å². The molecule has 0 unspecified atom stereocenters. The van der Waals surface area contributed by atoms with Gasteiger partial charge in [-0.05, 0) is 65.4 Å². The molecule has 1 aromatic rings. The zero-order valence-electron chi connectivity index (χ0n) is 12.2. The lowest BCUT2D eigenvalue weighted by Gasteiger charge is -2.09. The van der Waals surface area contributed by atoms with Crippen molar-refractivity contribution in [3.8, 4) is 22.3 Å². The third kappa shape index (κ3) is 2.19. The van der Waals surface area contributed by atoms with Crippen molar-refractivity contribution in [1.29, 1.82) is 0 Å². The molecule has 2 heteroatoms. The first kappa shape index (κ1) is 13.4. The van der Waals surface area contributed by atoms with Gasteiger partial charge in [-0.15, -0.1) is 0 Å². The smallest absolute Gasteiger partial charge is 0.150 e. The average molecular weight is 275 g/mol. The molecular weight excluding hydrogens is 258 g/mol. The molecule has 21 heavy (non-hydrogen) atoms. The summed E-state index contributed by atoms with van der Waals surface area (Å²) >= 11 is 0. The van der Waals surface area contributed by atoms with Crippen LogP contribution in [0.5, 0.6) is 0 Å². The van der Waals surface area contributed by atoms with Gasteiger partial charge in [-0.25, -0.2) is 0 Å². The number of aldehydes is 1. The third-order valence-corrected chi connectivity index (χ3v) is 3.97. The first-order chi connectivity index (χ1) is 10.1. The quantitative estimate of drug-likeness (QED) is 0.554. The topological polar surface area (TPSA) is 43.1 Å². The van der Waals surface area contributed by atoms with Crippen LogP contribution in [0.4, 0.5) is 5.69 Å². The fourth-order valence-electron chi connectivity index (χ4n) is 2.81. The lowest BCUT2D eigenvalue weighted by Crippen LogP contribution is -1.94. The molecule has 0 aliphatic heterocycles. The highest BCUT2D eigenvalue weighted by Gasteiger charge is 2.16. The number of fused-ring (bicyclic) bond motifs is 1. The van der Waals surface area contributed by atoms with Gasteiger partial charge in [-0.2, -0.15) is 0 Å². The number of anilines is 1. The van der Waals surface area contributed by atoms with Gasteiger partial charge in [-0.3, -0.25) is 4.79 Å². The Labute approximate surface area is 124 Å². The summed E-state index contributed by atoms with van der Waals surface area (Å²) in [6.45, 7) is 4.02. The predicted molar refractivity (Wildman–Crippen MR) is 87.8 cm³/mol. The summed E-state index contributed by atoms with van der Waals surface area (Å²) in [6.07, 6.45) is 0.919. The molecule has 0 radical (unpaired) electrons. The highest BCUT2D eigenvalue weighted by molar-refractivity contribution is 5.99. The fraction of sp³-hybridized carbons (Fsp3) is 0.105. The van der Waals surface area contributed by atoms with Crippen molar-refractivity contribution in [2.24, 2.45) is 0 Å². The van der Waals surface area contributed by atoms with Crippen molar-refractivity contribution in [2.75, 3.05) is 5.73 Å². The van der Waals surface area contributed by atoms with Gasteiger partial charge in [0.1, 0.15) is 0 Å². The molecule has 0 saturated heterocycles. The number of nitrogens with two attached hydrogens (primary N) is 1. The third-order valence-electron chi connectivity index (χ3n) is 3.97. The highest BCUT2D eigenvalue weighted by Crippen LogP contribution is 2.39. The van der Waals surface area contributed by atoms with Crippen molar-refractivity contribution >= 4 is 12.0 Å². The van der Waals surface area contributed by atoms with Crippen LogP contribution in [0, 0.1) is 13.8 Å². The summed E-state index contributed by atoms with van der Waals surface area (Å²) < 4.78 is 0. The Hall–Kier alpha value is -2.61. The van der Waals surface area contributed by atoms with E-state index in [0.29, 0.717) is 0 Å². The minimum atomic E-state index is 0.725. The van der Waals surface area contributed by atoms with E-state index >= 15 is 0 Å². The summed E-state index contributed by atoms with van der Waals surface area (Å²) in [5.41, 5.74) is 14.0. The molecule has 0 fully saturated rings. The molecular formula is C19H17NO. The van der Waals surface area contributed by atoms with Gasteiger partial charge in [0.25, 0.3) is 0 Å². The normalized spacial score (nSPS) is 10.8. The maximum absolute atomic E-state index is 11.3. The Morgan fingerprint density at radius 2 is 1.48 bits per heavy atom. The number of rotatable bonds is 2. The van der Waals surface area contributed by atoms with E-state index in [1.807, 2.05) is 44.2 Å². The molecule has 104 valence electrons. The molecule has 2 aliphatic rings. The van der Waals surface area contributed by atoms with Gasteiger partial charge in [0.2, 0.25) is 0 Å². The molecule has 3 rings (SSSR count). The van der Waals surface area contributed by atoms with Crippen LogP contribution >= 0.6 is 0 Å². The van der Waals surface area contributed by atoms with Gasteiger partial charge < -0.3 is 5.73 Å². The molecule has 0 heterocycles. The molecule has 1 aromatic carbocycles. The van der Waals surface area contributed by atoms with E-state index in [4.69, 9.17) is 5.73 Å². The largest absolute Gasteiger partial charge is 0.398 e. The second kappa shape index (κ2) is 5.06. The monoisotopic (exact) mass is 275 g/mol. The minimum Gasteiger partial charge on any atom is -0.398 e. The Balaban J connectivity index is 2.30. The molecule has 0 saturated carbocycles. The summed E-state index contributed by atoms with van der Waals surface area (Å²) in [5, 5.41) is 0. The number of benzene rings is 1. The molecule has 0 spiro atoms. The lowest BCUT2D eigenvalue weighted by atomic mass is 9.97. The van der Waals surface area contributed by atoms with Crippen molar-refractivity contribution in [2.45, 2.75) is 13.8 Å². The molecule has 0 amide bonds. The number of nitrogen functional groups attached to an aromatic ring is 1. The number of aryl methyl sites for hydroxylation is 2. The Bertz CT molecular complexity index is 782. The zero-order chi connectivity index (χ0) is 15.0. The van der Waals surface area contributed by atoms with Crippen molar-refractivity contribution < 1.29 is 4.79 Å². The van der Waals surface area contributed by atoms with Crippen molar-refractivity contribution in [3.05, 3.63) is 65.2 Å².